The van der Waals surface area contributed by atoms with Crippen molar-refractivity contribution < 1.29 is 4.79 Å². The van der Waals surface area contributed by atoms with E-state index in [9.17, 15) is 4.79 Å². The molecular formula is C22H35IN4O. The highest BCUT2D eigenvalue weighted by Crippen LogP contribution is 2.32. The van der Waals surface area contributed by atoms with Crippen molar-refractivity contribution >= 4 is 35.8 Å². The van der Waals surface area contributed by atoms with Crippen LogP contribution in [-0.2, 0) is 4.79 Å². The van der Waals surface area contributed by atoms with Gasteiger partial charge in [0.05, 0.1) is 0 Å². The molecule has 2 atom stereocenters. The standard InChI is InChI=1S/C22H34N4O.HI/c1-3-23-22(24-14-7-10-21(27)25-19-11-12-19)26-15-13-20(17(2)16-26)18-8-5-4-6-9-18;/h4-6,8-9,17,19-20H,3,7,10-16H2,1-2H3,(H,23,24)(H,25,27);1H. The van der Waals surface area contributed by atoms with Gasteiger partial charge in [-0.25, -0.2) is 0 Å². The fourth-order valence-corrected chi connectivity index (χ4v) is 3.91. The average Bonchev–Trinajstić information content (AvgIpc) is 3.49. The molecule has 1 heterocycles. The van der Waals surface area contributed by atoms with Gasteiger partial charge in [0.1, 0.15) is 0 Å². The molecule has 1 amide bonds. The summed E-state index contributed by atoms with van der Waals surface area (Å²) < 4.78 is 0. The highest BCUT2D eigenvalue weighted by molar-refractivity contribution is 14.0. The van der Waals surface area contributed by atoms with E-state index in [2.05, 4.69) is 59.7 Å². The van der Waals surface area contributed by atoms with Crippen LogP contribution in [0.2, 0.25) is 0 Å². The smallest absolute Gasteiger partial charge is 0.220 e. The zero-order valence-corrected chi connectivity index (χ0v) is 19.5. The van der Waals surface area contributed by atoms with Crippen LogP contribution in [0.5, 0.6) is 0 Å². The van der Waals surface area contributed by atoms with Crippen molar-refractivity contribution in [3.05, 3.63) is 35.9 Å². The average molecular weight is 498 g/mol. The number of benzene rings is 1. The molecule has 1 saturated carbocycles. The Morgan fingerprint density at radius 3 is 2.61 bits per heavy atom. The zero-order valence-electron chi connectivity index (χ0n) is 17.2. The Morgan fingerprint density at radius 1 is 1.21 bits per heavy atom. The summed E-state index contributed by atoms with van der Waals surface area (Å²) in [6.45, 7) is 8.07. The number of rotatable bonds is 7. The topological polar surface area (TPSA) is 56.7 Å². The second-order valence-electron chi connectivity index (χ2n) is 7.91. The molecule has 2 N–H and O–H groups in total. The second kappa shape index (κ2) is 11.6. The fourth-order valence-electron chi connectivity index (χ4n) is 3.91. The van der Waals surface area contributed by atoms with E-state index in [0.717, 1.165) is 51.3 Å². The van der Waals surface area contributed by atoms with Gasteiger partial charge >= 0.3 is 0 Å². The SMILES string of the molecule is CCNC(=NCCCC(=O)NC1CC1)N1CCC(c2ccccc2)C(C)C1.I. The minimum atomic E-state index is 0. The predicted octanol–water partition coefficient (Wildman–Crippen LogP) is 3.75. The number of carbonyl (C=O) groups is 1. The fraction of sp³-hybridized carbons (Fsp3) is 0.636. The first kappa shape index (κ1) is 23.0. The summed E-state index contributed by atoms with van der Waals surface area (Å²) >= 11 is 0. The van der Waals surface area contributed by atoms with Crippen molar-refractivity contribution in [1.29, 1.82) is 0 Å². The van der Waals surface area contributed by atoms with Gasteiger partial charge in [-0.2, -0.15) is 0 Å². The number of carbonyl (C=O) groups excluding carboxylic acids is 1. The second-order valence-corrected chi connectivity index (χ2v) is 7.91. The highest BCUT2D eigenvalue weighted by atomic mass is 127. The molecule has 2 fully saturated rings. The molecule has 1 aromatic carbocycles. The summed E-state index contributed by atoms with van der Waals surface area (Å²) in [5.74, 6) is 2.39. The third kappa shape index (κ3) is 6.94. The van der Waals surface area contributed by atoms with Gasteiger partial charge in [0.25, 0.3) is 0 Å². The third-order valence-corrected chi connectivity index (χ3v) is 5.53. The van der Waals surface area contributed by atoms with Crippen LogP contribution in [0.4, 0.5) is 0 Å². The number of aliphatic imine (C=N–C) groups is 1. The Balaban J connectivity index is 0.00000280. The largest absolute Gasteiger partial charge is 0.357 e. The Labute approximate surface area is 186 Å². The molecule has 2 unspecified atom stereocenters. The monoisotopic (exact) mass is 498 g/mol. The van der Waals surface area contributed by atoms with E-state index in [1.165, 1.54) is 5.56 Å². The first-order valence-corrected chi connectivity index (χ1v) is 10.5. The van der Waals surface area contributed by atoms with Crippen LogP contribution >= 0.6 is 24.0 Å². The van der Waals surface area contributed by atoms with Crippen molar-refractivity contribution in [2.75, 3.05) is 26.2 Å². The Morgan fingerprint density at radius 2 is 1.96 bits per heavy atom. The number of amides is 1. The van der Waals surface area contributed by atoms with Crippen LogP contribution in [0, 0.1) is 5.92 Å². The number of piperidine rings is 1. The highest BCUT2D eigenvalue weighted by Gasteiger charge is 2.28. The van der Waals surface area contributed by atoms with Crippen LogP contribution in [0.1, 0.15) is 57.4 Å². The molecule has 5 nitrogen and oxygen atoms in total. The number of nitrogens with zero attached hydrogens (tertiary/aromatic N) is 2. The van der Waals surface area contributed by atoms with E-state index >= 15 is 0 Å². The predicted molar refractivity (Wildman–Crippen MR) is 126 cm³/mol. The summed E-state index contributed by atoms with van der Waals surface area (Å²) in [6, 6.07) is 11.3. The number of nitrogens with one attached hydrogen (secondary N) is 2. The molecule has 1 saturated heterocycles. The summed E-state index contributed by atoms with van der Waals surface area (Å²) in [5.41, 5.74) is 1.45. The van der Waals surface area contributed by atoms with Crippen LogP contribution in [0.3, 0.4) is 0 Å². The quantitative estimate of drug-likeness (QED) is 0.261. The summed E-state index contributed by atoms with van der Waals surface area (Å²) in [7, 11) is 0. The first-order chi connectivity index (χ1) is 13.2. The normalized spacial score (nSPS) is 22.4. The minimum Gasteiger partial charge on any atom is -0.357 e. The van der Waals surface area contributed by atoms with Crippen LogP contribution < -0.4 is 10.6 Å². The van der Waals surface area contributed by atoms with E-state index in [-0.39, 0.29) is 29.9 Å². The van der Waals surface area contributed by atoms with Crippen molar-refractivity contribution in [3.63, 3.8) is 0 Å². The molecule has 2 aliphatic rings. The third-order valence-electron chi connectivity index (χ3n) is 5.53. The summed E-state index contributed by atoms with van der Waals surface area (Å²) in [6.07, 6.45) is 4.83. The lowest BCUT2D eigenvalue weighted by atomic mass is 9.82. The van der Waals surface area contributed by atoms with E-state index in [1.54, 1.807) is 0 Å². The van der Waals surface area contributed by atoms with Gasteiger partial charge in [-0.15, -0.1) is 24.0 Å². The maximum absolute atomic E-state index is 11.8. The van der Waals surface area contributed by atoms with Gasteiger partial charge < -0.3 is 15.5 Å². The number of halogens is 1. The lowest BCUT2D eigenvalue weighted by Crippen LogP contribution is -2.48. The van der Waals surface area contributed by atoms with Gasteiger partial charge in [-0.05, 0) is 50.0 Å². The molecular weight excluding hydrogens is 463 g/mol. The van der Waals surface area contributed by atoms with Gasteiger partial charge in [0.2, 0.25) is 5.91 Å². The number of hydrogen-bond donors (Lipinski definition) is 2. The Bertz CT molecular complexity index is 633. The van der Waals surface area contributed by atoms with Crippen molar-refractivity contribution in [2.45, 2.75) is 57.9 Å². The maximum Gasteiger partial charge on any atom is 0.220 e. The van der Waals surface area contributed by atoms with Crippen molar-refractivity contribution in [1.82, 2.24) is 15.5 Å². The zero-order chi connectivity index (χ0) is 19.1. The maximum atomic E-state index is 11.8. The van der Waals surface area contributed by atoms with E-state index in [4.69, 9.17) is 4.99 Å². The first-order valence-electron chi connectivity index (χ1n) is 10.5. The van der Waals surface area contributed by atoms with Gasteiger partial charge in [-0.1, -0.05) is 37.3 Å². The summed E-state index contributed by atoms with van der Waals surface area (Å²) in [5, 5.41) is 6.48. The molecule has 156 valence electrons. The van der Waals surface area contributed by atoms with E-state index < -0.39 is 0 Å². The molecule has 3 rings (SSSR count). The van der Waals surface area contributed by atoms with Crippen LogP contribution in [0.15, 0.2) is 35.3 Å². The molecule has 1 aliphatic carbocycles. The molecule has 0 aromatic heterocycles. The minimum absolute atomic E-state index is 0. The lowest BCUT2D eigenvalue weighted by Gasteiger charge is -2.39. The van der Waals surface area contributed by atoms with Crippen LogP contribution in [0.25, 0.3) is 0 Å². The van der Waals surface area contributed by atoms with E-state index in [0.29, 0.717) is 30.8 Å². The molecule has 6 heteroatoms. The van der Waals surface area contributed by atoms with Gasteiger partial charge in [0.15, 0.2) is 5.96 Å². The Hall–Kier alpha value is -1.31. The molecule has 28 heavy (non-hydrogen) atoms. The van der Waals surface area contributed by atoms with Gasteiger partial charge in [-0.3, -0.25) is 9.79 Å². The number of guanidine groups is 1. The molecule has 0 radical (unpaired) electrons. The van der Waals surface area contributed by atoms with Crippen molar-refractivity contribution in [2.24, 2.45) is 10.9 Å². The number of likely N-dealkylation sites (tertiary alicyclic amines) is 1. The summed E-state index contributed by atoms with van der Waals surface area (Å²) in [4.78, 5) is 19.0. The lowest BCUT2D eigenvalue weighted by molar-refractivity contribution is -0.121. The molecule has 0 spiro atoms. The van der Waals surface area contributed by atoms with Gasteiger partial charge in [0, 0.05) is 38.6 Å². The molecule has 1 aliphatic heterocycles. The van der Waals surface area contributed by atoms with E-state index in [1.807, 2.05) is 0 Å². The van der Waals surface area contributed by atoms with Crippen molar-refractivity contribution in [3.8, 4) is 0 Å². The van der Waals surface area contributed by atoms with Crippen LogP contribution in [-0.4, -0.2) is 49.0 Å². The number of hydrogen-bond acceptors (Lipinski definition) is 2. The molecule has 1 aromatic rings. The Kier molecular flexibility index (Phi) is 9.55. The molecule has 0 bridgehead atoms.